The van der Waals surface area contributed by atoms with Crippen molar-refractivity contribution < 1.29 is 4.92 Å². The van der Waals surface area contributed by atoms with E-state index < -0.39 is 0 Å². The molecule has 1 aromatic rings. The molecule has 0 radical (unpaired) electrons. The first-order valence-corrected chi connectivity index (χ1v) is 6.16. The number of nitro benzene ring substituents is 1. The van der Waals surface area contributed by atoms with Crippen molar-refractivity contribution in [3.8, 4) is 0 Å². The van der Waals surface area contributed by atoms with Crippen molar-refractivity contribution in [3.63, 3.8) is 0 Å². The molecule has 0 amide bonds. The predicted octanol–water partition coefficient (Wildman–Crippen LogP) is 3.51. The Morgan fingerprint density at radius 3 is 2.76 bits per heavy atom. The summed E-state index contributed by atoms with van der Waals surface area (Å²) >= 11 is 0. The Morgan fingerprint density at radius 2 is 2.12 bits per heavy atom. The van der Waals surface area contributed by atoms with E-state index in [2.05, 4.69) is 5.32 Å². The molecule has 1 aliphatic rings. The number of nitrogens with one attached hydrogen (secondary N) is 1. The molecule has 92 valence electrons. The summed E-state index contributed by atoms with van der Waals surface area (Å²) in [6, 6.07) is 5.34. The molecule has 0 bridgehead atoms. The van der Waals surface area contributed by atoms with Crippen LogP contribution in [0.2, 0.25) is 0 Å². The van der Waals surface area contributed by atoms with E-state index in [1.807, 2.05) is 6.07 Å². The maximum atomic E-state index is 10.8. The average Bonchev–Trinajstić information content (AvgIpc) is 2.80. The fraction of sp³-hybridized carbons (Fsp3) is 0.538. The van der Waals surface area contributed by atoms with Crippen molar-refractivity contribution in [2.24, 2.45) is 5.92 Å². The van der Waals surface area contributed by atoms with Gasteiger partial charge in [0.2, 0.25) is 0 Å². The van der Waals surface area contributed by atoms with E-state index in [0.717, 1.165) is 18.2 Å². The molecule has 4 heteroatoms. The van der Waals surface area contributed by atoms with Gasteiger partial charge >= 0.3 is 0 Å². The van der Waals surface area contributed by atoms with Gasteiger partial charge in [0.1, 0.15) is 0 Å². The average molecular weight is 234 g/mol. The molecule has 0 heterocycles. The minimum atomic E-state index is -0.323. The summed E-state index contributed by atoms with van der Waals surface area (Å²) in [6.07, 6.45) is 5.20. The lowest BCUT2D eigenvalue weighted by atomic mass is 10.1. The van der Waals surface area contributed by atoms with E-state index in [-0.39, 0.29) is 10.6 Å². The first-order chi connectivity index (χ1) is 8.16. The van der Waals surface area contributed by atoms with Gasteiger partial charge in [0.25, 0.3) is 5.69 Å². The van der Waals surface area contributed by atoms with E-state index in [1.165, 1.54) is 25.7 Å². The number of rotatable bonds is 4. The van der Waals surface area contributed by atoms with Crippen LogP contribution in [0.25, 0.3) is 0 Å². The topological polar surface area (TPSA) is 55.2 Å². The number of nitro groups is 1. The Kier molecular flexibility index (Phi) is 3.61. The minimum absolute atomic E-state index is 0.196. The van der Waals surface area contributed by atoms with Crippen LogP contribution in [0.15, 0.2) is 18.2 Å². The van der Waals surface area contributed by atoms with E-state index >= 15 is 0 Å². The molecule has 0 saturated heterocycles. The van der Waals surface area contributed by atoms with E-state index in [4.69, 9.17) is 0 Å². The zero-order valence-corrected chi connectivity index (χ0v) is 10.1. The minimum Gasteiger partial charge on any atom is -0.385 e. The van der Waals surface area contributed by atoms with Crippen molar-refractivity contribution in [2.45, 2.75) is 32.6 Å². The highest BCUT2D eigenvalue weighted by Gasteiger charge is 2.15. The normalized spacial score (nSPS) is 16.1. The lowest BCUT2D eigenvalue weighted by molar-refractivity contribution is -0.385. The monoisotopic (exact) mass is 234 g/mol. The summed E-state index contributed by atoms with van der Waals surface area (Å²) in [5.74, 6) is 0.732. The highest BCUT2D eigenvalue weighted by molar-refractivity contribution is 5.54. The highest BCUT2D eigenvalue weighted by Crippen LogP contribution is 2.26. The van der Waals surface area contributed by atoms with Crippen LogP contribution in [0.4, 0.5) is 11.4 Å². The van der Waals surface area contributed by atoms with Gasteiger partial charge in [-0.15, -0.1) is 0 Å². The summed E-state index contributed by atoms with van der Waals surface area (Å²) in [5, 5.41) is 14.1. The molecule has 0 aromatic heterocycles. The zero-order chi connectivity index (χ0) is 12.3. The van der Waals surface area contributed by atoms with Crippen molar-refractivity contribution in [1.29, 1.82) is 0 Å². The largest absolute Gasteiger partial charge is 0.385 e. The van der Waals surface area contributed by atoms with Crippen molar-refractivity contribution >= 4 is 11.4 Å². The molecule has 1 saturated carbocycles. The van der Waals surface area contributed by atoms with Crippen LogP contribution in [-0.2, 0) is 0 Å². The van der Waals surface area contributed by atoms with Crippen LogP contribution in [0, 0.1) is 23.0 Å². The lowest BCUT2D eigenvalue weighted by Crippen LogP contribution is -2.11. The first kappa shape index (κ1) is 11.9. The van der Waals surface area contributed by atoms with Crippen LogP contribution >= 0.6 is 0 Å². The van der Waals surface area contributed by atoms with Crippen molar-refractivity contribution in [3.05, 3.63) is 33.9 Å². The molecule has 1 fully saturated rings. The molecule has 2 rings (SSSR count). The quantitative estimate of drug-likeness (QED) is 0.640. The van der Waals surface area contributed by atoms with Crippen LogP contribution in [-0.4, -0.2) is 11.5 Å². The second-order valence-electron chi connectivity index (χ2n) is 4.79. The van der Waals surface area contributed by atoms with Crippen molar-refractivity contribution in [2.75, 3.05) is 11.9 Å². The Hall–Kier alpha value is -1.58. The molecule has 0 atom stereocenters. The second kappa shape index (κ2) is 5.17. The molecule has 1 aliphatic carbocycles. The Morgan fingerprint density at radius 1 is 1.41 bits per heavy atom. The third-order valence-corrected chi connectivity index (χ3v) is 3.48. The molecular formula is C13H18N2O2. The Labute approximate surface area is 101 Å². The van der Waals surface area contributed by atoms with Gasteiger partial charge in [-0.3, -0.25) is 10.1 Å². The van der Waals surface area contributed by atoms with Crippen molar-refractivity contribution in [1.82, 2.24) is 0 Å². The van der Waals surface area contributed by atoms with E-state index in [0.29, 0.717) is 5.56 Å². The number of hydrogen-bond acceptors (Lipinski definition) is 3. The molecule has 4 nitrogen and oxygen atoms in total. The van der Waals surface area contributed by atoms with Crippen LogP contribution < -0.4 is 5.32 Å². The summed E-state index contributed by atoms with van der Waals surface area (Å²) < 4.78 is 0. The first-order valence-electron chi connectivity index (χ1n) is 6.16. The third-order valence-electron chi connectivity index (χ3n) is 3.48. The number of hydrogen-bond donors (Lipinski definition) is 1. The van der Waals surface area contributed by atoms with Gasteiger partial charge in [-0.05, 0) is 31.7 Å². The standard InChI is InChI=1S/C13H18N2O2/c1-10-6-7-12(8-13(10)15(16)17)14-9-11-4-2-3-5-11/h6-8,11,14H,2-5,9H2,1H3. The van der Waals surface area contributed by atoms with Gasteiger partial charge in [0.05, 0.1) is 4.92 Å². The summed E-state index contributed by atoms with van der Waals surface area (Å²) in [6.45, 7) is 2.69. The number of nitrogens with zero attached hydrogens (tertiary/aromatic N) is 1. The predicted molar refractivity (Wildman–Crippen MR) is 68.3 cm³/mol. The smallest absolute Gasteiger partial charge is 0.274 e. The summed E-state index contributed by atoms with van der Waals surface area (Å²) in [5.41, 5.74) is 1.76. The molecule has 0 spiro atoms. The summed E-state index contributed by atoms with van der Waals surface area (Å²) in [4.78, 5) is 10.5. The maximum Gasteiger partial charge on any atom is 0.274 e. The molecule has 17 heavy (non-hydrogen) atoms. The Bertz CT molecular complexity index is 412. The fourth-order valence-electron chi connectivity index (χ4n) is 2.39. The molecule has 1 N–H and O–H groups in total. The van der Waals surface area contributed by atoms with Gasteiger partial charge in [0.15, 0.2) is 0 Å². The molecular weight excluding hydrogens is 216 g/mol. The van der Waals surface area contributed by atoms with E-state index in [9.17, 15) is 10.1 Å². The number of aryl methyl sites for hydroxylation is 1. The van der Waals surface area contributed by atoms with Crippen LogP contribution in [0.3, 0.4) is 0 Å². The van der Waals surface area contributed by atoms with Gasteiger partial charge < -0.3 is 5.32 Å². The van der Waals surface area contributed by atoms with E-state index in [1.54, 1.807) is 19.1 Å². The van der Waals surface area contributed by atoms with Gasteiger partial charge in [-0.2, -0.15) is 0 Å². The zero-order valence-electron chi connectivity index (χ0n) is 10.1. The molecule has 1 aromatic carbocycles. The van der Waals surface area contributed by atoms with Crippen LogP contribution in [0.5, 0.6) is 0 Å². The highest BCUT2D eigenvalue weighted by atomic mass is 16.6. The number of benzene rings is 1. The third kappa shape index (κ3) is 2.96. The van der Waals surface area contributed by atoms with Crippen LogP contribution in [0.1, 0.15) is 31.2 Å². The SMILES string of the molecule is Cc1ccc(NCC2CCCC2)cc1[N+](=O)[O-]. The van der Waals surface area contributed by atoms with Gasteiger partial charge in [0, 0.05) is 23.9 Å². The molecule has 0 unspecified atom stereocenters. The second-order valence-corrected chi connectivity index (χ2v) is 4.79. The molecule has 0 aliphatic heterocycles. The fourth-order valence-corrected chi connectivity index (χ4v) is 2.39. The summed E-state index contributed by atoms with van der Waals surface area (Å²) in [7, 11) is 0. The lowest BCUT2D eigenvalue weighted by Gasteiger charge is -2.11. The maximum absolute atomic E-state index is 10.8. The van der Waals surface area contributed by atoms with Gasteiger partial charge in [-0.25, -0.2) is 0 Å². The number of anilines is 1. The Balaban J connectivity index is 2.00. The van der Waals surface area contributed by atoms with Gasteiger partial charge in [-0.1, -0.05) is 18.9 Å².